The predicted molar refractivity (Wildman–Crippen MR) is 297 cm³/mol. The van der Waals surface area contributed by atoms with Crippen molar-refractivity contribution in [2.75, 3.05) is 13.2 Å². The minimum absolute atomic E-state index is 0.112. The van der Waals surface area contributed by atoms with Crippen LogP contribution in [0.5, 0.6) is 0 Å². The fourth-order valence-corrected chi connectivity index (χ4v) is 7.14. The molecular weight excluding hydrogens is 853 g/mol. The molecule has 0 fully saturated rings. The molecule has 69 heavy (non-hydrogen) atoms. The summed E-state index contributed by atoms with van der Waals surface area (Å²) in [4.78, 5) is 38.1. The smallest absolute Gasteiger partial charge is 0.306 e. The molecule has 1 unspecified atom stereocenters. The highest BCUT2D eigenvalue weighted by Gasteiger charge is 2.19. The number of hydrogen-bond donors (Lipinski definition) is 0. The van der Waals surface area contributed by atoms with Crippen LogP contribution in [0.2, 0.25) is 0 Å². The predicted octanol–water partition coefficient (Wildman–Crippen LogP) is 18.6. The van der Waals surface area contributed by atoms with E-state index in [1.54, 1.807) is 0 Å². The van der Waals surface area contributed by atoms with Gasteiger partial charge in [-0.2, -0.15) is 0 Å². The average Bonchev–Trinajstić information content (AvgIpc) is 3.35. The Hall–Kier alpha value is -4.45. The summed E-state index contributed by atoms with van der Waals surface area (Å²) in [5, 5.41) is 0. The molecule has 0 aliphatic carbocycles. The second-order valence-corrected chi connectivity index (χ2v) is 17.8. The first-order valence-corrected chi connectivity index (χ1v) is 27.7. The molecular formula is C63H100O6. The molecule has 0 aromatic rings. The average molecular weight is 953 g/mol. The third-order valence-electron chi connectivity index (χ3n) is 11.2. The number of carbonyl (C=O) groups is 3. The number of ether oxygens (including phenoxy) is 3. The largest absolute Gasteiger partial charge is 0.462 e. The van der Waals surface area contributed by atoms with Crippen LogP contribution < -0.4 is 0 Å². The molecule has 0 saturated heterocycles. The van der Waals surface area contributed by atoms with Gasteiger partial charge < -0.3 is 14.2 Å². The van der Waals surface area contributed by atoms with Crippen molar-refractivity contribution in [3.05, 3.63) is 134 Å². The molecule has 0 rings (SSSR count). The maximum atomic E-state index is 12.8. The Labute approximate surface area is 424 Å². The van der Waals surface area contributed by atoms with Crippen LogP contribution in [0.1, 0.15) is 226 Å². The van der Waals surface area contributed by atoms with Gasteiger partial charge in [0.1, 0.15) is 13.2 Å². The fourth-order valence-electron chi connectivity index (χ4n) is 7.14. The van der Waals surface area contributed by atoms with Gasteiger partial charge in [0.2, 0.25) is 0 Å². The summed E-state index contributed by atoms with van der Waals surface area (Å²) >= 11 is 0. The van der Waals surface area contributed by atoms with Crippen LogP contribution in [-0.4, -0.2) is 37.2 Å². The number of allylic oxidation sites excluding steroid dienone is 22. The molecule has 0 heterocycles. The van der Waals surface area contributed by atoms with Gasteiger partial charge in [-0.1, -0.05) is 231 Å². The highest BCUT2D eigenvalue weighted by molar-refractivity contribution is 5.71. The molecule has 0 aliphatic rings. The Balaban J connectivity index is 4.51. The van der Waals surface area contributed by atoms with Gasteiger partial charge in [-0.15, -0.1) is 0 Å². The van der Waals surface area contributed by atoms with E-state index < -0.39 is 6.10 Å². The Morgan fingerprint density at radius 2 is 0.609 bits per heavy atom. The molecule has 0 radical (unpaired) electrons. The lowest BCUT2D eigenvalue weighted by Gasteiger charge is -2.18. The molecule has 6 nitrogen and oxygen atoms in total. The molecule has 0 aliphatic heterocycles. The van der Waals surface area contributed by atoms with Gasteiger partial charge in [-0.3, -0.25) is 14.4 Å². The molecule has 0 aromatic heterocycles. The van der Waals surface area contributed by atoms with E-state index in [1.165, 1.54) is 64.2 Å². The summed E-state index contributed by atoms with van der Waals surface area (Å²) < 4.78 is 16.8. The quantitative estimate of drug-likeness (QED) is 0.0199. The summed E-state index contributed by atoms with van der Waals surface area (Å²) in [6.45, 7) is 6.21. The summed E-state index contributed by atoms with van der Waals surface area (Å²) in [7, 11) is 0. The summed E-state index contributed by atoms with van der Waals surface area (Å²) in [6.07, 6.45) is 78.7. The van der Waals surface area contributed by atoms with E-state index in [-0.39, 0.29) is 37.5 Å². The van der Waals surface area contributed by atoms with E-state index in [9.17, 15) is 14.4 Å². The first kappa shape index (κ1) is 64.5. The van der Waals surface area contributed by atoms with Crippen molar-refractivity contribution in [1.82, 2.24) is 0 Å². The van der Waals surface area contributed by atoms with Crippen molar-refractivity contribution in [2.45, 2.75) is 232 Å². The Bertz CT molecular complexity index is 1510. The van der Waals surface area contributed by atoms with Crippen LogP contribution in [0.15, 0.2) is 134 Å². The monoisotopic (exact) mass is 953 g/mol. The standard InChI is InChI=1S/C63H100O6/c1-4-7-10-13-16-19-22-25-28-30-31-33-35-38-41-44-47-50-53-56-62(65)68-59-60(58-67-61(64)55-52-49-46-43-40-37-34-27-24-21-18-15-12-9-6-3)69-63(66)57-54-51-48-45-42-39-36-32-29-26-23-20-17-14-11-8-5-2/h7-12,15-21,24-26,28-29,36,39,45,48,60H,4-6,13-14,22-23,27,30-35,37-38,40-44,46-47,49-59H2,1-3H3/b10-7-,11-8-,12-9-,18-15-,19-16-,20-17-,24-21-,28-25-,29-26-,39-36-,48-45-. The Kier molecular flexibility index (Phi) is 52.5. The van der Waals surface area contributed by atoms with E-state index in [0.717, 1.165) is 116 Å². The number of rotatable bonds is 48. The lowest BCUT2D eigenvalue weighted by atomic mass is 10.1. The SMILES string of the molecule is CC\C=C/C=C\C=C/CCCCCCCCCC(=O)OCC(COC(=O)CCCCCCCCCCC/C=C\C/C=C\C/C=C\CC)OC(=O)CCC/C=C\C/C=C\C/C=C\C/C=C\C/C=C\CC. The third-order valence-corrected chi connectivity index (χ3v) is 11.2. The molecule has 0 aromatic carbocycles. The number of carbonyl (C=O) groups excluding carboxylic acids is 3. The van der Waals surface area contributed by atoms with Gasteiger partial charge in [0.25, 0.3) is 0 Å². The van der Waals surface area contributed by atoms with Crippen LogP contribution in [-0.2, 0) is 28.6 Å². The van der Waals surface area contributed by atoms with Crippen LogP contribution in [0, 0.1) is 0 Å². The molecule has 0 amide bonds. The van der Waals surface area contributed by atoms with Crippen molar-refractivity contribution in [3.63, 3.8) is 0 Å². The Morgan fingerprint density at radius 1 is 0.304 bits per heavy atom. The van der Waals surface area contributed by atoms with Crippen LogP contribution in [0.3, 0.4) is 0 Å². The van der Waals surface area contributed by atoms with E-state index in [2.05, 4.69) is 154 Å². The normalized spacial score (nSPS) is 13.1. The van der Waals surface area contributed by atoms with E-state index in [1.807, 2.05) is 0 Å². The summed E-state index contributed by atoms with van der Waals surface area (Å²) in [6, 6.07) is 0. The first-order chi connectivity index (χ1) is 34.0. The maximum Gasteiger partial charge on any atom is 0.306 e. The Morgan fingerprint density at radius 3 is 1.01 bits per heavy atom. The molecule has 0 bridgehead atoms. The van der Waals surface area contributed by atoms with Gasteiger partial charge in [0.05, 0.1) is 0 Å². The van der Waals surface area contributed by atoms with Gasteiger partial charge in [0.15, 0.2) is 6.10 Å². The molecule has 1 atom stereocenters. The molecule has 0 spiro atoms. The van der Waals surface area contributed by atoms with E-state index in [0.29, 0.717) is 19.3 Å². The van der Waals surface area contributed by atoms with Crippen LogP contribution >= 0.6 is 0 Å². The van der Waals surface area contributed by atoms with Gasteiger partial charge >= 0.3 is 17.9 Å². The lowest BCUT2D eigenvalue weighted by Crippen LogP contribution is -2.30. The van der Waals surface area contributed by atoms with Crippen molar-refractivity contribution in [1.29, 1.82) is 0 Å². The summed E-state index contributed by atoms with van der Waals surface area (Å²) in [5.74, 6) is -0.994. The maximum absolute atomic E-state index is 12.8. The molecule has 0 N–H and O–H groups in total. The minimum Gasteiger partial charge on any atom is -0.462 e. The zero-order chi connectivity index (χ0) is 50.0. The fraction of sp³-hybridized carbons (Fsp3) is 0.603. The van der Waals surface area contributed by atoms with Crippen LogP contribution in [0.25, 0.3) is 0 Å². The second-order valence-electron chi connectivity index (χ2n) is 17.8. The van der Waals surface area contributed by atoms with E-state index >= 15 is 0 Å². The highest BCUT2D eigenvalue weighted by atomic mass is 16.6. The zero-order valence-electron chi connectivity index (χ0n) is 44.3. The lowest BCUT2D eigenvalue weighted by molar-refractivity contribution is -0.167. The zero-order valence-corrected chi connectivity index (χ0v) is 44.3. The second kappa shape index (κ2) is 56.1. The van der Waals surface area contributed by atoms with Crippen molar-refractivity contribution in [3.8, 4) is 0 Å². The first-order valence-electron chi connectivity index (χ1n) is 27.7. The van der Waals surface area contributed by atoms with Crippen LogP contribution in [0.4, 0.5) is 0 Å². The number of unbranched alkanes of at least 4 members (excludes halogenated alkanes) is 17. The van der Waals surface area contributed by atoms with Crippen molar-refractivity contribution in [2.24, 2.45) is 0 Å². The summed E-state index contributed by atoms with van der Waals surface area (Å²) in [5.41, 5.74) is 0. The molecule has 6 heteroatoms. The van der Waals surface area contributed by atoms with Gasteiger partial charge in [-0.05, 0) is 109 Å². The van der Waals surface area contributed by atoms with Gasteiger partial charge in [-0.25, -0.2) is 0 Å². The number of hydrogen-bond acceptors (Lipinski definition) is 6. The highest BCUT2D eigenvalue weighted by Crippen LogP contribution is 2.14. The third kappa shape index (κ3) is 54.4. The number of esters is 3. The van der Waals surface area contributed by atoms with Crippen molar-refractivity contribution < 1.29 is 28.6 Å². The van der Waals surface area contributed by atoms with Crippen molar-refractivity contribution >= 4 is 17.9 Å². The molecule has 388 valence electrons. The minimum atomic E-state index is -0.820. The van der Waals surface area contributed by atoms with Gasteiger partial charge in [0, 0.05) is 19.3 Å². The molecule has 0 saturated carbocycles. The topological polar surface area (TPSA) is 78.9 Å². The van der Waals surface area contributed by atoms with E-state index in [4.69, 9.17) is 14.2 Å².